The van der Waals surface area contributed by atoms with Crippen molar-refractivity contribution < 1.29 is 9.53 Å². The Hall–Kier alpha value is -0.620. The summed E-state index contributed by atoms with van der Waals surface area (Å²) in [6, 6.07) is 7.69. The monoisotopic (exact) mass is 331 g/mol. The van der Waals surface area contributed by atoms with Gasteiger partial charge in [0.2, 0.25) is 0 Å². The molecule has 1 aliphatic rings. The SMILES string of the molecule is CO[C@H]1CCN(C(=O)c2cccc(I)c2)C1. The van der Waals surface area contributed by atoms with Crippen LogP contribution in [0, 0.1) is 3.57 Å². The number of halogens is 1. The van der Waals surface area contributed by atoms with Crippen LogP contribution in [0.1, 0.15) is 16.8 Å². The molecule has 1 amide bonds. The number of amides is 1. The van der Waals surface area contributed by atoms with E-state index in [-0.39, 0.29) is 12.0 Å². The predicted molar refractivity (Wildman–Crippen MR) is 70.5 cm³/mol. The summed E-state index contributed by atoms with van der Waals surface area (Å²) in [6.07, 6.45) is 1.14. The lowest BCUT2D eigenvalue weighted by atomic mass is 10.2. The van der Waals surface area contributed by atoms with E-state index in [2.05, 4.69) is 22.6 Å². The molecule has 0 N–H and O–H groups in total. The number of methoxy groups -OCH3 is 1. The topological polar surface area (TPSA) is 29.5 Å². The van der Waals surface area contributed by atoms with Crippen molar-refractivity contribution in [3.63, 3.8) is 0 Å². The third kappa shape index (κ3) is 2.55. The van der Waals surface area contributed by atoms with Crippen LogP contribution in [0.2, 0.25) is 0 Å². The molecule has 0 unspecified atom stereocenters. The molecule has 86 valence electrons. The maximum absolute atomic E-state index is 12.1. The van der Waals surface area contributed by atoms with Crippen molar-refractivity contribution in [3.05, 3.63) is 33.4 Å². The molecule has 1 heterocycles. The van der Waals surface area contributed by atoms with E-state index < -0.39 is 0 Å². The summed E-state index contributed by atoms with van der Waals surface area (Å²) in [5.41, 5.74) is 0.767. The molecule has 1 aromatic carbocycles. The molecule has 16 heavy (non-hydrogen) atoms. The Morgan fingerprint density at radius 2 is 2.38 bits per heavy atom. The first kappa shape index (κ1) is 11.9. The van der Waals surface area contributed by atoms with Gasteiger partial charge in [-0.1, -0.05) is 6.07 Å². The standard InChI is InChI=1S/C12H14INO2/c1-16-11-5-6-14(8-11)12(15)9-3-2-4-10(13)7-9/h2-4,7,11H,5-6,8H2,1H3/t11-/m0/s1. The molecular formula is C12H14INO2. The molecule has 0 radical (unpaired) electrons. The van der Waals surface area contributed by atoms with Crippen LogP contribution in [-0.2, 0) is 4.74 Å². The Morgan fingerprint density at radius 1 is 1.56 bits per heavy atom. The highest BCUT2D eigenvalue weighted by atomic mass is 127. The van der Waals surface area contributed by atoms with Gasteiger partial charge in [-0.2, -0.15) is 0 Å². The second-order valence-corrected chi connectivity index (χ2v) is 5.15. The fraction of sp³-hybridized carbons (Fsp3) is 0.417. The van der Waals surface area contributed by atoms with Gasteiger partial charge in [0, 0.05) is 29.3 Å². The van der Waals surface area contributed by atoms with E-state index in [0.717, 1.165) is 22.1 Å². The molecule has 0 aliphatic carbocycles. The van der Waals surface area contributed by atoms with E-state index in [4.69, 9.17) is 4.74 Å². The molecular weight excluding hydrogens is 317 g/mol. The quantitative estimate of drug-likeness (QED) is 0.778. The van der Waals surface area contributed by atoms with E-state index in [1.165, 1.54) is 0 Å². The lowest BCUT2D eigenvalue weighted by Crippen LogP contribution is -2.29. The van der Waals surface area contributed by atoms with Crippen molar-refractivity contribution in [3.8, 4) is 0 Å². The summed E-state index contributed by atoms with van der Waals surface area (Å²) in [5.74, 6) is 0.109. The highest BCUT2D eigenvalue weighted by Gasteiger charge is 2.26. The Morgan fingerprint density at radius 3 is 3.00 bits per heavy atom. The van der Waals surface area contributed by atoms with Gasteiger partial charge in [0.05, 0.1) is 6.10 Å². The first-order valence-corrected chi connectivity index (χ1v) is 6.36. The van der Waals surface area contributed by atoms with Gasteiger partial charge < -0.3 is 9.64 Å². The van der Waals surface area contributed by atoms with Gasteiger partial charge in [-0.05, 0) is 47.2 Å². The van der Waals surface area contributed by atoms with E-state index in [0.29, 0.717) is 6.54 Å². The highest BCUT2D eigenvalue weighted by molar-refractivity contribution is 14.1. The lowest BCUT2D eigenvalue weighted by molar-refractivity contribution is 0.0724. The number of benzene rings is 1. The van der Waals surface area contributed by atoms with Crippen LogP contribution in [-0.4, -0.2) is 37.1 Å². The number of ether oxygens (including phenoxy) is 1. The number of carbonyl (C=O) groups is 1. The molecule has 2 rings (SSSR count). The fourth-order valence-corrected chi connectivity index (χ4v) is 2.45. The second-order valence-electron chi connectivity index (χ2n) is 3.91. The number of carbonyl (C=O) groups excluding carboxylic acids is 1. The van der Waals surface area contributed by atoms with Crippen molar-refractivity contribution in [1.82, 2.24) is 4.90 Å². The van der Waals surface area contributed by atoms with Gasteiger partial charge in [0.15, 0.2) is 0 Å². The van der Waals surface area contributed by atoms with Crippen LogP contribution in [0.4, 0.5) is 0 Å². The molecule has 0 bridgehead atoms. The number of likely N-dealkylation sites (tertiary alicyclic amines) is 1. The van der Waals surface area contributed by atoms with Gasteiger partial charge in [-0.3, -0.25) is 4.79 Å². The average molecular weight is 331 g/mol. The molecule has 1 aromatic rings. The molecule has 3 nitrogen and oxygen atoms in total. The minimum absolute atomic E-state index is 0.109. The zero-order chi connectivity index (χ0) is 11.5. The van der Waals surface area contributed by atoms with Crippen LogP contribution in [0.25, 0.3) is 0 Å². The summed E-state index contributed by atoms with van der Waals surface area (Å²) < 4.78 is 6.34. The van der Waals surface area contributed by atoms with Crippen LogP contribution in [0.3, 0.4) is 0 Å². The molecule has 0 saturated carbocycles. The summed E-state index contributed by atoms with van der Waals surface area (Å²) in [7, 11) is 1.70. The Balaban J connectivity index is 2.08. The Bertz CT molecular complexity index is 394. The normalized spacial score (nSPS) is 20.1. The number of hydrogen-bond acceptors (Lipinski definition) is 2. The van der Waals surface area contributed by atoms with Gasteiger partial charge in [-0.15, -0.1) is 0 Å². The van der Waals surface area contributed by atoms with Crippen molar-refractivity contribution in [2.45, 2.75) is 12.5 Å². The van der Waals surface area contributed by atoms with Crippen LogP contribution < -0.4 is 0 Å². The highest BCUT2D eigenvalue weighted by Crippen LogP contribution is 2.16. The average Bonchev–Trinajstić information content (AvgIpc) is 2.76. The number of nitrogens with zero attached hydrogens (tertiary/aromatic N) is 1. The first-order chi connectivity index (χ1) is 7.70. The Kier molecular flexibility index (Phi) is 3.81. The van der Waals surface area contributed by atoms with Crippen molar-refractivity contribution in [2.75, 3.05) is 20.2 Å². The Labute approximate surface area is 109 Å². The van der Waals surface area contributed by atoms with Gasteiger partial charge in [0.25, 0.3) is 5.91 Å². The fourth-order valence-electron chi connectivity index (χ4n) is 1.91. The van der Waals surface area contributed by atoms with Gasteiger partial charge in [-0.25, -0.2) is 0 Å². The molecule has 1 atom stereocenters. The molecule has 0 aromatic heterocycles. The summed E-state index contributed by atoms with van der Waals surface area (Å²) in [4.78, 5) is 14.0. The largest absolute Gasteiger partial charge is 0.380 e. The van der Waals surface area contributed by atoms with E-state index in [1.54, 1.807) is 7.11 Å². The molecule has 1 saturated heterocycles. The lowest BCUT2D eigenvalue weighted by Gasteiger charge is -2.16. The van der Waals surface area contributed by atoms with Crippen LogP contribution in [0.15, 0.2) is 24.3 Å². The third-order valence-corrected chi connectivity index (χ3v) is 3.51. The molecule has 4 heteroatoms. The second kappa shape index (κ2) is 5.14. The summed E-state index contributed by atoms with van der Waals surface area (Å²) in [6.45, 7) is 1.50. The van der Waals surface area contributed by atoms with Crippen molar-refractivity contribution in [1.29, 1.82) is 0 Å². The molecule has 0 spiro atoms. The third-order valence-electron chi connectivity index (χ3n) is 2.84. The first-order valence-electron chi connectivity index (χ1n) is 5.28. The van der Waals surface area contributed by atoms with E-state index in [1.807, 2.05) is 29.2 Å². The minimum Gasteiger partial charge on any atom is -0.380 e. The van der Waals surface area contributed by atoms with Gasteiger partial charge in [0.1, 0.15) is 0 Å². The van der Waals surface area contributed by atoms with Crippen molar-refractivity contribution >= 4 is 28.5 Å². The van der Waals surface area contributed by atoms with Gasteiger partial charge >= 0.3 is 0 Å². The summed E-state index contributed by atoms with van der Waals surface area (Å²) in [5, 5.41) is 0. The van der Waals surface area contributed by atoms with E-state index >= 15 is 0 Å². The summed E-state index contributed by atoms with van der Waals surface area (Å²) >= 11 is 2.22. The molecule has 1 fully saturated rings. The smallest absolute Gasteiger partial charge is 0.253 e. The predicted octanol–water partition coefficient (Wildman–Crippen LogP) is 2.15. The zero-order valence-corrected chi connectivity index (χ0v) is 11.3. The van der Waals surface area contributed by atoms with Crippen LogP contribution in [0.5, 0.6) is 0 Å². The zero-order valence-electron chi connectivity index (χ0n) is 9.15. The van der Waals surface area contributed by atoms with Crippen LogP contribution >= 0.6 is 22.6 Å². The van der Waals surface area contributed by atoms with E-state index in [9.17, 15) is 4.79 Å². The number of rotatable bonds is 2. The maximum Gasteiger partial charge on any atom is 0.253 e. The minimum atomic E-state index is 0.109. The molecule has 1 aliphatic heterocycles. The number of hydrogen-bond donors (Lipinski definition) is 0. The van der Waals surface area contributed by atoms with Crippen molar-refractivity contribution in [2.24, 2.45) is 0 Å². The maximum atomic E-state index is 12.1.